The van der Waals surface area contributed by atoms with Gasteiger partial charge in [-0.3, -0.25) is 4.79 Å². The first-order valence-electron chi connectivity index (χ1n) is 9.73. The molecule has 3 aromatic rings. The van der Waals surface area contributed by atoms with Gasteiger partial charge in [0.1, 0.15) is 11.9 Å². The summed E-state index contributed by atoms with van der Waals surface area (Å²) < 4.78 is 13.0. The lowest BCUT2D eigenvalue weighted by Gasteiger charge is -2.34. The summed E-state index contributed by atoms with van der Waals surface area (Å²) in [6, 6.07) is 21.4. The molecule has 2 unspecified atom stereocenters. The predicted molar refractivity (Wildman–Crippen MR) is 112 cm³/mol. The Morgan fingerprint density at radius 2 is 1.55 bits per heavy atom. The lowest BCUT2D eigenvalue weighted by molar-refractivity contribution is -0.167. The Kier molecular flexibility index (Phi) is 6.39. The fourth-order valence-corrected chi connectivity index (χ4v) is 3.10. The smallest absolute Gasteiger partial charge is 0.314 e. The maximum atomic E-state index is 12.4. The molecular weight excluding hydrogens is 366 g/mol. The minimum Gasteiger partial charge on any atom is -0.467 e. The molecule has 5 nitrogen and oxygen atoms in total. The number of carbonyl (C=O) groups is 1. The molecule has 0 bridgehead atoms. The van der Waals surface area contributed by atoms with Crippen molar-refractivity contribution in [1.29, 1.82) is 0 Å². The SMILES string of the molecule is CCOC(=O)C(C)(C)C(O)C(Oc1ccc(-c2ccccc2)cc1)n1cccc1. The van der Waals surface area contributed by atoms with Crippen molar-refractivity contribution in [2.75, 3.05) is 6.61 Å². The number of aliphatic hydroxyl groups excluding tert-OH is 1. The molecule has 0 spiro atoms. The van der Waals surface area contributed by atoms with Crippen molar-refractivity contribution >= 4 is 5.97 Å². The van der Waals surface area contributed by atoms with Crippen molar-refractivity contribution in [3.05, 3.63) is 79.1 Å². The van der Waals surface area contributed by atoms with E-state index in [1.54, 1.807) is 37.7 Å². The third-order valence-electron chi connectivity index (χ3n) is 4.95. The largest absolute Gasteiger partial charge is 0.467 e. The number of hydrogen-bond acceptors (Lipinski definition) is 4. The molecule has 5 heteroatoms. The van der Waals surface area contributed by atoms with Gasteiger partial charge in [-0.15, -0.1) is 0 Å². The van der Waals surface area contributed by atoms with Crippen LogP contribution in [0.25, 0.3) is 11.1 Å². The van der Waals surface area contributed by atoms with Crippen LogP contribution in [0.1, 0.15) is 27.0 Å². The summed E-state index contributed by atoms with van der Waals surface area (Å²) in [7, 11) is 0. The Bertz CT molecular complexity index is 902. The van der Waals surface area contributed by atoms with Gasteiger partial charge in [0.05, 0.1) is 12.0 Å². The maximum absolute atomic E-state index is 12.4. The molecule has 1 N–H and O–H groups in total. The number of ether oxygens (including phenoxy) is 2. The number of carbonyl (C=O) groups excluding carboxylic acids is 1. The first kappa shape index (κ1) is 20.7. The number of aliphatic hydroxyl groups is 1. The summed E-state index contributed by atoms with van der Waals surface area (Å²) in [5.74, 6) is 0.134. The van der Waals surface area contributed by atoms with Gasteiger partial charge in [0.2, 0.25) is 6.23 Å². The van der Waals surface area contributed by atoms with Crippen LogP contribution in [0.5, 0.6) is 5.75 Å². The normalized spacial score (nSPS) is 13.5. The summed E-state index contributed by atoms with van der Waals surface area (Å²) >= 11 is 0. The number of nitrogens with zero attached hydrogens (tertiary/aromatic N) is 1. The molecule has 0 saturated heterocycles. The zero-order valence-corrected chi connectivity index (χ0v) is 17.0. The molecule has 0 aliphatic rings. The van der Waals surface area contributed by atoms with Crippen LogP contribution in [-0.2, 0) is 9.53 Å². The topological polar surface area (TPSA) is 60.7 Å². The third-order valence-corrected chi connectivity index (χ3v) is 4.95. The highest BCUT2D eigenvalue weighted by Crippen LogP contribution is 2.33. The Hall–Kier alpha value is -3.05. The lowest BCUT2D eigenvalue weighted by Crippen LogP contribution is -2.45. The van der Waals surface area contributed by atoms with Crippen molar-refractivity contribution in [1.82, 2.24) is 4.57 Å². The van der Waals surface area contributed by atoms with E-state index in [4.69, 9.17) is 9.47 Å². The number of hydrogen-bond donors (Lipinski definition) is 1. The molecule has 0 fully saturated rings. The molecule has 152 valence electrons. The van der Waals surface area contributed by atoms with Crippen LogP contribution in [0.4, 0.5) is 0 Å². The van der Waals surface area contributed by atoms with Gasteiger partial charge in [-0.25, -0.2) is 0 Å². The highest BCUT2D eigenvalue weighted by atomic mass is 16.5. The van der Waals surface area contributed by atoms with Gasteiger partial charge < -0.3 is 19.1 Å². The zero-order chi connectivity index (χ0) is 20.9. The van der Waals surface area contributed by atoms with E-state index in [1.807, 2.05) is 66.7 Å². The number of benzene rings is 2. The molecule has 0 amide bonds. The summed E-state index contributed by atoms with van der Waals surface area (Å²) in [6.45, 7) is 5.32. The summed E-state index contributed by atoms with van der Waals surface area (Å²) in [5, 5.41) is 11.1. The van der Waals surface area contributed by atoms with Crippen LogP contribution in [0.3, 0.4) is 0 Å². The zero-order valence-electron chi connectivity index (χ0n) is 17.0. The van der Waals surface area contributed by atoms with E-state index in [0.717, 1.165) is 11.1 Å². The molecule has 1 aromatic heterocycles. The standard InChI is InChI=1S/C24H27NO4/c1-4-28-23(27)24(2,3)21(26)22(25-16-8-9-17-25)29-20-14-12-19(13-15-20)18-10-6-5-7-11-18/h5-17,21-22,26H,4H2,1-3H3. The van der Waals surface area contributed by atoms with Crippen molar-refractivity contribution < 1.29 is 19.4 Å². The van der Waals surface area contributed by atoms with Gasteiger partial charge in [-0.2, -0.15) is 0 Å². The molecule has 2 aromatic carbocycles. The second-order valence-electron chi connectivity index (χ2n) is 7.42. The quantitative estimate of drug-likeness (QED) is 0.565. The molecule has 0 aliphatic carbocycles. The van der Waals surface area contributed by atoms with E-state index in [0.29, 0.717) is 5.75 Å². The molecule has 0 aliphatic heterocycles. The molecule has 1 heterocycles. The first-order valence-corrected chi connectivity index (χ1v) is 9.73. The monoisotopic (exact) mass is 393 g/mol. The molecular formula is C24H27NO4. The Balaban J connectivity index is 1.84. The second-order valence-corrected chi connectivity index (χ2v) is 7.42. The number of aromatic nitrogens is 1. The fourth-order valence-electron chi connectivity index (χ4n) is 3.10. The van der Waals surface area contributed by atoms with E-state index >= 15 is 0 Å². The van der Waals surface area contributed by atoms with Crippen molar-refractivity contribution in [2.24, 2.45) is 5.41 Å². The molecule has 3 rings (SSSR count). The van der Waals surface area contributed by atoms with Gasteiger partial charge in [0.25, 0.3) is 0 Å². The second kappa shape index (κ2) is 8.97. The number of rotatable bonds is 8. The maximum Gasteiger partial charge on any atom is 0.314 e. The molecule has 0 saturated carbocycles. The van der Waals surface area contributed by atoms with E-state index in [9.17, 15) is 9.90 Å². The summed E-state index contributed by atoms with van der Waals surface area (Å²) in [6.07, 6.45) is 1.69. The van der Waals surface area contributed by atoms with Gasteiger partial charge in [0, 0.05) is 12.4 Å². The van der Waals surface area contributed by atoms with Gasteiger partial charge in [-0.1, -0.05) is 42.5 Å². The van der Waals surface area contributed by atoms with Gasteiger partial charge in [-0.05, 0) is 56.2 Å². The summed E-state index contributed by atoms with van der Waals surface area (Å²) in [4.78, 5) is 12.4. The van der Waals surface area contributed by atoms with E-state index in [2.05, 4.69) is 0 Å². The average molecular weight is 393 g/mol. The predicted octanol–water partition coefficient (Wildman–Crippen LogP) is 4.68. The van der Waals surface area contributed by atoms with E-state index < -0.39 is 23.7 Å². The third kappa shape index (κ3) is 4.69. The van der Waals surface area contributed by atoms with Crippen LogP contribution < -0.4 is 4.74 Å². The van der Waals surface area contributed by atoms with E-state index in [-0.39, 0.29) is 6.61 Å². The highest BCUT2D eigenvalue weighted by Gasteiger charge is 2.43. The van der Waals surface area contributed by atoms with Crippen LogP contribution in [0, 0.1) is 5.41 Å². The van der Waals surface area contributed by atoms with Crippen LogP contribution in [-0.4, -0.2) is 28.4 Å². The van der Waals surface area contributed by atoms with Gasteiger partial charge in [0.15, 0.2) is 0 Å². The van der Waals surface area contributed by atoms with Crippen LogP contribution in [0.15, 0.2) is 79.1 Å². The fraction of sp³-hybridized carbons (Fsp3) is 0.292. The van der Waals surface area contributed by atoms with Gasteiger partial charge >= 0.3 is 5.97 Å². The van der Waals surface area contributed by atoms with Crippen molar-refractivity contribution in [3.8, 4) is 16.9 Å². The first-order chi connectivity index (χ1) is 13.9. The highest BCUT2D eigenvalue weighted by molar-refractivity contribution is 5.76. The average Bonchev–Trinajstić information content (AvgIpc) is 3.27. The minimum atomic E-state index is -1.14. The van der Waals surface area contributed by atoms with E-state index in [1.165, 1.54) is 0 Å². The van der Waals surface area contributed by atoms with Crippen molar-refractivity contribution in [3.63, 3.8) is 0 Å². The number of esters is 1. The van der Waals surface area contributed by atoms with Crippen molar-refractivity contribution in [2.45, 2.75) is 33.1 Å². The Morgan fingerprint density at radius 3 is 2.14 bits per heavy atom. The minimum absolute atomic E-state index is 0.255. The Labute approximate surface area is 171 Å². The lowest BCUT2D eigenvalue weighted by atomic mass is 9.85. The molecule has 0 radical (unpaired) electrons. The summed E-state index contributed by atoms with van der Waals surface area (Å²) in [5.41, 5.74) is 1.04. The van der Waals surface area contributed by atoms with Crippen LogP contribution >= 0.6 is 0 Å². The van der Waals surface area contributed by atoms with Crippen LogP contribution in [0.2, 0.25) is 0 Å². The Morgan fingerprint density at radius 1 is 0.966 bits per heavy atom. The molecule has 29 heavy (non-hydrogen) atoms. The molecule has 2 atom stereocenters.